The van der Waals surface area contributed by atoms with Crippen molar-refractivity contribution in [3.63, 3.8) is 0 Å². The van der Waals surface area contributed by atoms with Crippen LogP contribution in [0, 0.1) is 11.8 Å². The second kappa shape index (κ2) is 6.13. The molecule has 1 saturated heterocycles. The average molecular weight is 297 g/mol. The first kappa shape index (κ1) is 15.9. The topological polar surface area (TPSA) is 77.5 Å². The number of carbonyl (C=O) groups excluding carboxylic acids is 2. The van der Waals surface area contributed by atoms with Crippen LogP contribution in [0.1, 0.15) is 40.5 Å². The Hall–Kier alpha value is -1.43. The van der Waals surface area contributed by atoms with Crippen molar-refractivity contribution in [2.45, 2.75) is 52.2 Å². The molecule has 3 unspecified atom stereocenters. The maximum Gasteiger partial charge on any atom is 0.340 e. The lowest BCUT2D eigenvalue weighted by Gasteiger charge is -2.17. The number of cyclic esters (lactones) is 1. The Kier molecular flexibility index (Phi) is 4.66. The van der Waals surface area contributed by atoms with Crippen LogP contribution in [0.3, 0.4) is 0 Å². The average Bonchev–Trinajstić information content (AvgIpc) is 3.20. The van der Waals surface area contributed by atoms with Gasteiger partial charge >= 0.3 is 11.9 Å². The predicted octanol–water partition coefficient (Wildman–Crippen LogP) is 1.71. The molecule has 0 amide bonds. The third kappa shape index (κ3) is 4.03. The Bertz CT molecular complexity index is 453. The number of rotatable bonds is 7. The van der Waals surface area contributed by atoms with Crippen LogP contribution in [-0.4, -0.2) is 42.7 Å². The highest BCUT2D eigenvalue weighted by Gasteiger charge is 2.39. The highest BCUT2D eigenvalue weighted by atomic mass is 16.6. The van der Waals surface area contributed by atoms with Gasteiger partial charge in [-0.15, -0.1) is 0 Å². The second-order valence-electron chi connectivity index (χ2n) is 6.23. The molecule has 0 radical (unpaired) electrons. The smallest absolute Gasteiger partial charge is 0.340 e. The Morgan fingerprint density at radius 1 is 1.52 bits per heavy atom. The zero-order valence-corrected chi connectivity index (χ0v) is 13.0. The fourth-order valence-corrected chi connectivity index (χ4v) is 2.19. The van der Waals surface area contributed by atoms with E-state index in [9.17, 15) is 9.59 Å². The van der Waals surface area contributed by atoms with Crippen LogP contribution in [0.15, 0.2) is 4.99 Å². The van der Waals surface area contributed by atoms with Crippen LogP contribution in [0.5, 0.6) is 0 Å². The molecule has 2 aliphatic rings. The first-order valence-electron chi connectivity index (χ1n) is 7.43. The summed E-state index contributed by atoms with van der Waals surface area (Å²) in [6, 6.07) is 0. The summed E-state index contributed by atoms with van der Waals surface area (Å²) in [6.07, 6.45) is 1.31. The van der Waals surface area contributed by atoms with Crippen LogP contribution in [0.4, 0.5) is 0 Å². The van der Waals surface area contributed by atoms with Crippen LogP contribution >= 0.6 is 0 Å². The molecule has 0 spiro atoms. The summed E-state index contributed by atoms with van der Waals surface area (Å²) in [7, 11) is 0. The molecule has 0 saturated carbocycles. The standard InChI is InChI=1S/C15H23NO5/c1-5-10(13(17)20-8-11-7-19-11)6-9(2)12-16-15(3,4)14(18)21-12/h9-11H,5-8H2,1-4H3. The van der Waals surface area contributed by atoms with E-state index in [0.29, 0.717) is 32.0 Å². The zero-order chi connectivity index (χ0) is 15.6. The summed E-state index contributed by atoms with van der Waals surface area (Å²) in [6.45, 7) is 8.29. The van der Waals surface area contributed by atoms with E-state index in [0.717, 1.165) is 0 Å². The van der Waals surface area contributed by atoms with Crippen molar-refractivity contribution < 1.29 is 23.8 Å². The molecule has 3 atom stereocenters. The summed E-state index contributed by atoms with van der Waals surface area (Å²) in [4.78, 5) is 28.0. The molecular weight excluding hydrogens is 274 g/mol. The molecule has 6 heteroatoms. The molecule has 6 nitrogen and oxygen atoms in total. The molecule has 21 heavy (non-hydrogen) atoms. The van der Waals surface area contributed by atoms with Gasteiger partial charge < -0.3 is 14.2 Å². The third-order valence-corrected chi connectivity index (χ3v) is 3.79. The fraction of sp³-hybridized carbons (Fsp3) is 0.800. The molecular formula is C15H23NO5. The largest absolute Gasteiger partial charge is 0.463 e. The number of esters is 2. The number of aliphatic imine (C=N–C) groups is 1. The van der Waals surface area contributed by atoms with E-state index in [4.69, 9.17) is 14.2 Å². The van der Waals surface area contributed by atoms with Crippen molar-refractivity contribution in [2.75, 3.05) is 13.2 Å². The summed E-state index contributed by atoms with van der Waals surface area (Å²) in [5.74, 6) is -0.453. The fourth-order valence-electron chi connectivity index (χ4n) is 2.19. The molecule has 1 fully saturated rings. The summed E-state index contributed by atoms with van der Waals surface area (Å²) < 4.78 is 15.5. The monoisotopic (exact) mass is 297 g/mol. The molecule has 2 rings (SSSR count). The van der Waals surface area contributed by atoms with E-state index >= 15 is 0 Å². The lowest BCUT2D eigenvalue weighted by Crippen LogP contribution is -2.26. The molecule has 0 aromatic carbocycles. The van der Waals surface area contributed by atoms with Crippen molar-refractivity contribution >= 4 is 17.8 Å². The van der Waals surface area contributed by atoms with Crippen LogP contribution < -0.4 is 0 Å². The number of carbonyl (C=O) groups is 2. The lowest BCUT2D eigenvalue weighted by molar-refractivity contribution is -0.149. The molecule has 2 heterocycles. The van der Waals surface area contributed by atoms with Gasteiger partial charge in [0.1, 0.15) is 12.7 Å². The quantitative estimate of drug-likeness (QED) is 0.528. The molecule has 0 aromatic rings. The van der Waals surface area contributed by atoms with Gasteiger partial charge in [0.25, 0.3) is 0 Å². The van der Waals surface area contributed by atoms with Crippen LogP contribution in [0.2, 0.25) is 0 Å². The van der Waals surface area contributed by atoms with Crippen LogP contribution in [-0.2, 0) is 23.8 Å². The number of nitrogens with zero attached hydrogens (tertiary/aromatic N) is 1. The number of hydrogen-bond acceptors (Lipinski definition) is 6. The highest BCUT2D eigenvalue weighted by Crippen LogP contribution is 2.26. The zero-order valence-electron chi connectivity index (χ0n) is 13.0. The Morgan fingerprint density at radius 2 is 2.19 bits per heavy atom. The SMILES string of the molecule is CCC(CC(C)C1=NC(C)(C)C(=O)O1)C(=O)OCC1CO1. The van der Waals surface area contributed by atoms with Gasteiger partial charge in [-0.2, -0.15) is 0 Å². The predicted molar refractivity (Wildman–Crippen MR) is 75.9 cm³/mol. The normalized spacial score (nSPS) is 25.8. The van der Waals surface area contributed by atoms with E-state index in [1.54, 1.807) is 13.8 Å². The minimum atomic E-state index is -0.824. The van der Waals surface area contributed by atoms with Gasteiger partial charge in [0.05, 0.1) is 12.5 Å². The van der Waals surface area contributed by atoms with Crippen molar-refractivity contribution in [3.05, 3.63) is 0 Å². The molecule has 0 N–H and O–H groups in total. The van der Waals surface area contributed by atoms with Gasteiger partial charge in [0, 0.05) is 5.92 Å². The van der Waals surface area contributed by atoms with E-state index in [1.165, 1.54) is 0 Å². The summed E-state index contributed by atoms with van der Waals surface area (Å²) in [5, 5.41) is 0. The third-order valence-electron chi connectivity index (χ3n) is 3.79. The van der Waals surface area contributed by atoms with E-state index in [1.807, 2.05) is 13.8 Å². The summed E-state index contributed by atoms with van der Waals surface area (Å²) in [5.41, 5.74) is -0.824. The van der Waals surface area contributed by atoms with E-state index in [2.05, 4.69) is 4.99 Å². The molecule has 0 aromatic heterocycles. The maximum atomic E-state index is 12.0. The molecule has 118 valence electrons. The molecule has 0 bridgehead atoms. The first-order chi connectivity index (χ1) is 9.83. The van der Waals surface area contributed by atoms with Crippen molar-refractivity contribution in [2.24, 2.45) is 16.8 Å². The molecule has 2 aliphatic heterocycles. The van der Waals surface area contributed by atoms with Crippen molar-refractivity contribution in [1.82, 2.24) is 0 Å². The Morgan fingerprint density at radius 3 is 2.67 bits per heavy atom. The lowest BCUT2D eigenvalue weighted by atomic mass is 9.93. The van der Waals surface area contributed by atoms with Gasteiger partial charge in [-0.3, -0.25) is 4.79 Å². The highest BCUT2D eigenvalue weighted by molar-refractivity contribution is 6.00. The Balaban J connectivity index is 1.88. The van der Waals surface area contributed by atoms with E-state index < -0.39 is 5.54 Å². The molecule has 0 aliphatic carbocycles. The van der Waals surface area contributed by atoms with Gasteiger partial charge in [-0.05, 0) is 26.7 Å². The van der Waals surface area contributed by atoms with Crippen molar-refractivity contribution in [1.29, 1.82) is 0 Å². The van der Waals surface area contributed by atoms with E-state index in [-0.39, 0.29) is 29.9 Å². The summed E-state index contributed by atoms with van der Waals surface area (Å²) >= 11 is 0. The number of hydrogen-bond donors (Lipinski definition) is 0. The number of ether oxygens (including phenoxy) is 3. The maximum absolute atomic E-state index is 12.0. The number of epoxide rings is 1. The van der Waals surface area contributed by atoms with Gasteiger partial charge in [0.15, 0.2) is 11.4 Å². The van der Waals surface area contributed by atoms with Gasteiger partial charge in [-0.25, -0.2) is 9.79 Å². The van der Waals surface area contributed by atoms with Gasteiger partial charge in [0.2, 0.25) is 0 Å². The minimum absolute atomic E-state index is 0.0739. The van der Waals surface area contributed by atoms with Crippen molar-refractivity contribution in [3.8, 4) is 0 Å². The second-order valence-corrected chi connectivity index (χ2v) is 6.23. The Labute approximate surface area is 124 Å². The van der Waals surface area contributed by atoms with Crippen LogP contribution in [0.25, 0.3) is 0 Å². The minimum Gasteiger partial charge on any atom is -0.463 e. The van der Waals surface area contributed by atoms with Gasteiger partial charge in [-0.1, -0.05) is 13.8 Å². The first-order valence-corrected chi connectivity index (χ1v) is 7.43.